The SMILES string of the molecule is O=C1/C=C\C(=O)O[C@H]2[C@@H](O1)[C@H](n1ccc(NO)nc1=O)O[C@@H]2COC(=O)C1CCC1. The molecule has 0 amide bonds. The Morgan fingerprint density at radius 3 is 2.50 bits per heavy atom. The van der Waals surface area contributed by atoms with Crippen LogP contribution in [0.5, 0.6) is 0 Å². The Balaban J connectivity index is 1.60. The average molecular weight is 421 g/mol. The molecule has 3 aliphatic rings. The highest BCUT2D eigenvalue weighted by Crippen LogP contribution is 2.35. The van der Waals surface area contributed by atoms with Crippen LogP contribution in [0.1, 0.15) is 25.5 Å². The van der Waals surface area contributed by atoms with Crippen molar-refractivity contribution in [1.82, 2.24) is 9.55 Å². The lowest BCUT2D eigenvalue weighted by atomic mass is 9.86. The molecule has 4 rings (SSSR count). The molecule has 0 radical (unpaired) electrons. The van der Waals surface area contributed by atoms with Gasteiger partial charge < -0.3 is 18.9 Å². The zero-order valence-corrected chi connectivity index (χ0v) is 15.6. The number of carbonyl (C=O) groups is 3. The standard InChI is InChI=1S/C18H19N3O9/c22-12-4-5-13(23)30-15-14(29-12)10(8-27-17(24)9-2-1-3-9)28-16(15)21-7-6-11(20-26)19-18(21)25/h4-7,9-10,14-16,26H,1-3,8H2,(H,19,20,25)/b5-4-/t10-,14-,15-,16-/m1/s1. The van der Waals surface area contributed by atoms with Gasteiger partial charge in [0.2, 0.25) is 0 Å². The van der Waals surface area contributed by atoms with Gasteiger partial charge in [-0.3, -0.25) is 20.0 Å². The zero-order valence-electron chi connectivity index (χ0n) is 15.6. The third-order valence-electron chi connectivity index (χ3n) is 5.19. The Labute approximate surface area is 169 Å². The van der Waals surface area contributed by atoms with Gasteiger partial charge in [0.25, 0.3) is 0 Å². The van der Waals surface area contributed by atoms with Crippen molar-refractivity contribution in [1.29, 1.82) is 0 Å². The van der Waals surface area contributed by atoms with Crippen molar-refractivity contribution in [3.8, 4) is 0 Å². The van der Waals surface area contributed by atoms with Crippen LogP contribution in [0, 0.1) is 5.92 Å². The first-order chi connectivity index (χ1) is 14.5. The zero-order chi connectivity index (χ0) is 21.3. The molecular weight excluding hydrogens is 402 g/mol. The molecule has 160 valence electrons. The van der Waals surface area contributed by atoms with Crippen LogP contribution in [0.25, 0.3) is 0 Å². The molecule has 0 unspecified atom stereocenters. The molecular formula is C18H19N3O9. The van der Waals surface area contributed by atoms with E-state index < -0.39 is 42.2 Å². The summed E-state index contributed by atoms with van der Waals surface area (Å²) in [7, 11) is 0. The van der Waals surface area contributed by atoms with E-state index in [-0.39, 0.29) is 24.3 Å². The molecule has 1 aliphatic carbocycles. The lowest BCUT2D eigenvalue weighted by Gasteiger charge is -2.26. The maximum Gasteiger partial charge on any atom is 0.351 e. The number of nitrogens with one attached hydrogen (secondary N) is 1. The largest absolute Gasteiger partial charge is 0.463 e. The first-order valence-corrected chi connectivity index (χ1v) is 9.37. The number of hydrogen-bond donors (Lipinski definition) is 2. The van der Waals surface area contributed by atoms with Crippen molar-refractivity contribution >= 4 is 23.7 Å². The second-order valence-electron chi connectivity index (χ2n) is 7.07. The van der Waals surface area contributed by atoms with Gasteiger partial charge in [-0.05, 0) is 18.9 Å². The number of carbonyl (C=O) groups excluding carboxylic acids is 3. The Morgan fingerprint density at radius 2 is 1.90 bits per heavy atom. The van der Waals surface area contributed by atoms with Gasteiger partial charge in [0, 0.05) is 18.3 Å². The van der Waals surface area contributed by atoms with Crippen LogP contribution in [-0.4, -0.2) is 57.6 Å². The van der Waals surface area contributed by atoms with E-state index in [4.69, 9.17) is 24.2 Å². The van der Waals surface area contributed by atoms with E-state index >= 15 is 0 Å². The minimum absolute atomic E-state index is 0.0965. The van der Waals surface area contributed by atoms with E-state index in [2.05, 4.69) is 4.98 Å². The summed E-state index contributed by atoms with van der Waals surface area (Å²) in [5, 5.41) is 8.90. The summed E-state index contributed by atoms with van der Waals surface area (Å²) in [5.74, 6) is -2.26. The predicted molar refractivity (Wildman–Crippen MR) is 95.0 cm³/mol. The van der Waals surface area contributed by atoms with Gasteiger partial charge in [-0.1, -0.05) is 6.42 Å². The van der Waals surface area contributed by atoms with Crippen LogP contribution in [0.2, 0.25) is 0 Å². The summed E-state index contributed by atoms with van der Waals surface area (Å²) in [5.41, 5.74) is 0.935. The molecule has 2 N–H and O–H groups in total. The smallest absolute Gasteiger partial charge is 0.351 e. The number of hydrogen-bond acceptors (Lipinski definition) is 11. The maximum atomic E-state index is 12.3. The van der Waals surface area contributed by atoms with E-state index in [9.17, 15) is 19.2 Å². The van der Waals surface area contributed by atoms with Crippen molar-refractivity contribution in [3.63, 3.8) is 0 Å². The highest BCUT2D eigenvalue weighted by atomic mass is 16.7. The van der Waals surface area contributed by atoms with E-state index in [1.807, 2.05) is 0 Å². The molecule has 0 aromatic carbocycles. The van der Waals surface area contributed by atoms with Crippen molar-refractivity contribution in [2.24, 2.45) is 5.92 Å². The molecule has 12 nitrogen and oxygen atoms in total. The molecule has 1 aromatic heterocycles. The number of esters is 3. The molecule has 2 fully saturated rings. The van der Waals surface area contributed by atoms with E-state index in [1.54, 1.807) is 5.48 Å². The van der Waals surface area contributed by atoms with Crippen molar-refractivity contribution in [2.45, 2.75) is 43.8 Å². The highest BCUT2D eigenvalue weighted by Gasteiger charge is 2.51. The quantitative estimate of drug-likeness (QED) is 0.365. The summed E-state index contributed by atoms with van der Waals surface area (Å²) in [6, 6.07) is 1.29. The molecule has 0 bridgehead atoms. The Morgan fingerprint density at radius 1 is 1.20 bits per heavy atom. The average Bonchev–Trinajstić information content (AvgIpc) is 2.98. The van der Waals surface area contributed by atoms with Crippen molar-refractivity contribution in [2.75, 3.05) is 12.1 Å². The first-order valence-electron chi connectivity index (χ1n) is 9.37. The summed E-state index contributed by atoms with van der Waals surface area (Å²) in [4.78, 5) is 52.0. The lowest BCUT2D eigenvalue weighted by molar-refractivity contribution is -0.166. The van der Waals surface area contributed by atoms with Crippen LogP contribution in [0.15, 0.2) is 29.2 Å². The highest BCUT2D eigenvalue weighted by molar-refractivity contribution is 5.92. The van der Waals surface area contributed by atoms with Crippen LogP contribution in [0.3, 0.4) is 0 Å². The molecule has 0 spiro atoms. The number of nitrogens with zero attached hydrogens (tertiary/aromatic N) is 2. The number of fused-ring (bicyclic) bond motifs is 1. The van der Waals surface area contributed by atoms with Crippen LogP contribution in [-0.2, 0) is 33.3 Å². The fourth-order valence-electron chi connectivity index (χ4n) is 3.41. The minimum Gasteiger partial charge on any atom is -0.463 e. The minimum atomic E-state index is -1.20. The fraction of sp³-hybridized carbons (Fsp3) is 0.500. The number of aromatic nitrogens is 2. The van der Waals surface area contributed by atoms with Gasteiger partial charge in [-0.2, -0.15) is 4.98 Å². The molecule has 2 aliphatic heterocycles. The monoisotopic (exact) mass is 421 g/mol. The summed E-state index contributed by atoms with van der Waals surface area (Å²) < 4.78 is 22.8. The molecule has 1 aromatic rings. The summed E-state index contributed by atoms with van der Waals surface area (Å²) >= 11 is 0. The Bertz CT molecular complexity index is 939. The van der Waals surface area contributed by atoms with Gasteiger partial charge in [-0.25, -0.2) is 14.4 Å². The van der Waals surface area contributed by atoms with E-state index in [0.717, 1.165) is 36.0 Å². The van der Waals surface area contributed by atoms with Crippen LogP contribution < -0.4 is 11.2 Å². The van der Waals surface area contributed by atoms with E-state index in [1.165, 1.54) is 12.3 Å². The molecule has 12 heteroatoms. The Hall–Kier alpha value is -3.25. The topological polar surface area (TPSA) is 155 Å². The lowest BCUT2D eigenvalue weighted by Crippen LogP contribution is -2.43. The summed E-state index contributed by atoms with van der Waals surface area (Å²) in [6.45, 7) is -0.250. The molecule has 3 heterocycles. The maximum absolute atomic E-state index is 12.3. The van der Waals surface area contributed by atoms with Crippen LogP contribution >= 0.6 is 0 Å². The van der Waals surface area contributed by atoms with Crippen molar-refractivity contribution < 1.29 is 38.5 Å². The van der Waals surface area contributed by atoms with Crippen molar-refractivity contribution in [3.05, 3.63) is 34.9 Å². The van der Waals surface area contributed by atoms with Gasteiger partial charge in [0.15, 0.2) is 24.3 Å². The fourth-order valence-corrected chi connectivity index (χ4v) is 3.41. The van der Waals surface area contributed by atoms with Crippen LogP contribution in [0.4, 0.5) is 5.82 Å². The van der Waals surface area contributed by atoms with Gasteiger partial charge in [0.05, 0.1) is 5.92 Å². The number of anilines is 1. The second kappa shape index (κ2) is 8.24. The molecule has 1 saturated carbocycles. The van der Waals surface area contributed by atoms with E-state index in [0.29, 0.717) is 0 Å². The second-order valence-corrected chi connectivity index (χ2v) is 7.07. The molecule has 4 atom stereocenters. The third kappa shape index (κ3) is 3.91. The normalized spacial score (nSPS) is 29.5. The summed E-state index contributed by atoms with van der Waals surface area (Å²) in [6.07, 6.45) is 1.07. The third-order valence-corrected chi connectivity index (χ3v) is 5.19. The Kier molecular flexibility index (Phi) is 5.50. The predicted octanol–water partition coefficient (Wildman–Crippen LogP) is -0.322. The molecule has 30 heavy (non-hydrogen) atoms. The van der Waals surface area contributed by atoms with Gasteiger partial charge >= 0.3 is 23.6 Å². The van der Waals surface area contributed by atoms with Gasteiger partial charge in [0.1, 0.15) is 12.7 Å². The van der Waals surface area contributed by atoms with Gasteiger partial charge in [-0.15, -0.1) is 0 Å². The molecule has 1 saturated heterocycles. The number of rotatable bonds is 5. The first kappa shape index (κ1) is 20.0. The number of ether oxygens (including phenoxy) is 4.